The predicted octanol–water partition coefficient (Wildman–Crippen LogP) is 2.46. The van der Waals surface area contributed by atoms with E-state index in [0.717, 1.165) is 13.1 Å². The standard InChI is InChI=1S/C14H20N2OS.ClH/c1-15-10-7-13(17)16-11-14(8-9-14)18-12-5-3-2-4-6-12;/h2-6,15H,7-11H2,1H3,(H,16,17);1H. The van der Waals surface area contributed by atoms with Crippen molar-refractivity contribution >= 4 is 30.1 Å². The van der Waals surface area contributed by atoms with Crippen LogP contribution in [0.15, 0.2) is 35.2 Å². The van der Waals surface area contributed by atoms with Crippen LogP contribution in [-0.2, 0) is 4.79 Å². The second kappa shape index (κ2) is 7.78. The number of hydrogen-bond donors (Lipinski definition) is 2. The van der Waals surface area contributed by atoms with E-state index in [1.165, 1.54) is 17.7 Å². The highest BCUT2D eigenvalue weighted by molar-refractivity contribution is 8.01. The zero-order chi connectivity index (χ0) is 12.8. The maximum absolute atomic E-state index is 11.6. The van der Waals surface area contributed by atoms with Crippen LogP contribution in [0, 0.1) is 0 Å². The first-order valence-corrected chi connectivity index (χ1v) is 7.21. The van der Waals surface area contributed by atoms with Crippen LogP contribution in [0.5, 0.6) is 0 Å². The molecule has 0 saturated heterocycles. The van der Waals surface area contributed by atoms with Crippen LogP contribution < -0.4 is 10.6 Å². The van der Waals surface area contributed by atoms with Gasteiger partial charge in [-0.2, -0.15) is 0 Å². The van der Waals surface area contributed by atoms with Crippen LogP contribution in [0.25, 0.3) is 0 Å². The molecule has 1 amide bonds. The van der Waals surface area contributed by atoms with Gasteiger partial charge in [0, 0.05) is 29.2 Å². The maximum Gasteiger partial charge on any atom is 0.221 e. The van der Waals surface area contributed by atoms with Crippen molar-refractivity contribution in [1.82, 2.24) is 10.6 Å². The first-order chi connectivity index (χ1) is 8.74. The topological polar surface area (TPSA) is 41.1 Å². The number of amides is 1. The highest BCUT2D eigenvalue weighted by atomic mass is 35.5. The van der Waals surface area contributed by atoms with Gasteiger partial charge in [0.15, 0.2) is 0 Å². The minimum Gasteiger partial charge on any atom is -0.355 e. The molecule has 1 aliphatic rings. The van der Waals surface area contributed by atoms with E-state index in [1.807, 2.05) is 24.9 Å². The lowest BCUT2D eigenvalue weighted by Crippen LogP contribution is -2.33. The minimum absolute atomic E-state index is 0. The SMILES string of the molecule is CNCCC(=O)NCC1(Sc2ccccc2)CC1.Cl. The molecule has 5 heteroatoms. The molecule has 0 aliphatic heterocycles. The van der Waals surface area contributed by atoms with Crippen LogP contribution in [0.2, 0.25) is 0 Å². The molecule has 0 radical (unpaired) electrons. The minimum atomic E-state index is 0. The summed E-state index contributed by atoms with van der Waals surface area (Å²) in [4.78, 5) is 12.9. The van der Waals surface area contributed by atoms with Crippen LogP contribution in [-0.4, -0.2) is 30.8 Å². The molecule has 106 valence electrons. The summed E-state index contributed by atoms with van der Waals surface area (Å²) in [5, 5.41) is 6.03. The molecule has 0 atom stereocenters. The van der Waals surface area contributed by atoms with Crippen LogP contribution in [0.1, 0.15) is 19.3 Å². The van der Waals surface area contributed by atoms with Gasteiger partial charge in [-0.3, -0.25) is 4.79 Å². The highest BCUT2D eigenvalue weighted by Crippen LogP contribution is 2.51. The largest absolute Gasteiger partial charge is 0.355 e. The van der Waals surface area contributed by atoms with E-state index in [1.54, 1.807) is 0 Å². The molecular formula is C14H21ClN2OS. The quantitative estimate of drug-likeness (QED) is 0.813. The third kappa shape index (κ3) is 5.43. The molecule has 1 aromatic carbocycles. The summed E-state index contributed by atoms with van der Waals surface area (Å²) >= 11 is 1.89. The molecule has 0 bridgehead atoms. The van der Waals surface area contributed by atoms with Crippen molar-refractivity contribution in [3.05, 3.63) is 30.3 Å². The third-order valence-electron chi connectivity index (χ3n) is 3.10. The first-order valence-electron chi connectivity index (χ1n) is 6.39. The van der Waals surface area contributed by atoms with Crippen molar-refractivity contribution in [3.63, 3.8) is 0 Å². The Morgan fingerprint density at radius 3 is 2.58 bits per heavy atom. The molecule has 0 spiro atoms. The Hall–Kier alpha value is -0.710. The zero-order valence-corrected chi connectivity index (χ0v) is 12.8. The summed E-state index contributed by atoms with van der Waals surface area (Å²) in [6.07, 6.45) is 2.94. The second-order valence-corrected chi connectivity index (χ2v) is 6.27. The molecule has 19 heavy (non-hydrogen) atoms. The molecule has 3 nitrogen and oxygen atoms in total. The number of nitrogens with one attached hydrogen (secondary N) is 2. The number of carbonyl (C=O) groups is 1. The van der Waals surface area contributed by atoms with Gasteiger partial charge in [0.05, 0.1) is 0 Å². The number of thioether (sulfide) groups is 1. The van der Waals surface area contributed by atoms with E-state index in [9.17, 15) is 4.79 Å². The smallest absolute Gasteiger partial charge is 0.221 e. The van der Waals surface area contributed by atoms with E-state index >= 15 is 0 Å². The Balaban J connectivity index is 0.00000180. The second-order valence-electron chi connectivity index (χ2n) is 4.73. The van der Waals surface area contributed by atoms with Crippen molar-refractivity contribution in [2.24, 2.45) is 0 Å². The van der Waals surface area contributed by atoms with Crippen molar-refractivity contribution in [1.29, 1.82) is 0 Å². The lowest BCUT2D eigenvalue weighted by molar-refractivity contribution is -0.120. The molecule has 1 saturated carbocycles. The van der Waals surface area contributed by atoms with Gasteiger partial charge in [0.2, 0.25) is 5.91 Å². The van der Waals surface area contributed by atoms with E-state index in [0.29, 0.717) is 6.42 Å². The number of benzene rings is 1. The summed E-state index contributed by atoms with van der Waals surface area (Å²) < 4.78 is 0.247. The lowest BCUT2D eigenvalue weighted by Gasteiger charge is -2.15. The molecule has 0 heterocycles. The van der Waals surface area contributed by atoms with Crippen molar-refractivity contribution in [2.45, 2.75) is 28.9 Å². The van der Waals surface area contributed by atoms with Gasteiger partial charge in [-0.1, -0.05) is 18.2 Å². The lowest BCUT2D eigenvalue weighted by atomic mass is 10.3. The Morgan fingerprint density at radius 2 is 2.00 bits per heavy atom. The van der Waals surface area contributed by atoms with Crippen molar-refractivity contribution < 1.29 is 4.79 Å². The van der Waals surface area contributed by atoms with Crippen LogP contribution >= 0.6 is 24.2 Å². The molecule has 0 aromatic heterocycles. The molecule has 2 N–H and O–H groups in total. The fraction of sp³-hybridized carbons (Fsp3) is 0.500. The fourth-order valence-electron chi connectivity index (χ4n) is 1.78. The predicted molar refractivity (Wildman–Crippen MR) is 83.1 cm³/mol. The summed E-state index contributed by atoms with van der Waals surface area (Å²) in [5.74, 6) is 0.143. The van der Waals surface area contributed by atoms with E-state index in [-0.39, 0.29) is 23.1 Å². The average Bonchev–Trinajstić information content (AvgIpc) is 3.15. The monoisotopic (exact) mass is 300 g/mol. The summed E-state index contributed by atoms with van der Waals surface area (Å²) in [5.41, 5.74) is 0. The Morgan fingerprint density at radius 1 is 1.32 bits per heavy atom. The van der Waals surface area contributed by atoms with Crippen LogP contribution in [0.4, 0.5) is 0 Å². The van der Waals surface area contributed by atoms with Gasteiger partial charge in [-0.15, -0.1) is 24.2 Å². The highest BCUT2D eigenvalue weighted by Gasteiger charge is 2.43. The Bertz CT molecular complexity index is 396. The number of hydrogen-bond acceptors (Lipinski definition) is 3. The normalized spacial score (nSPS) is 15.4. The molecular weight excluding hydrogens is 280 g/mol. The van der Waals surface area contributed by atoms with E-state index < -0.39 is 0 Å². The third-order valence-corrected chi connectivity index (χ3v) is 4.59. The van der Waals surface area contributed by atoms with E-state index in [4.69, 9.17) is 0 Å². The summed E-state index contributed by atoms with van der Waals surface area (Å²) in [7, 11) is 1.86. The van der Waals surface area contributed by atoms with Crippen molar-refractivity contribution in [2.75, 3.05) is 20.1 Å². The Kier molecular flexibility index (Phi) is 6.69. The summed E-state index contributed by atoms with van der Waals surface area (Å²) in [6.45, 7) is 1.53. The molecule has 1 aromatic rings. The fourth-order valence-corrected chi connectivity index (χ4v) is 3.02. The van der Waals surface area contributed by atoms with Gasteiger partial charge in [0.1, 0.15) is 0 Å². The number of halogens is 1. The van der Waals surface area contributed by atoms with Gasteiger partial charge >= 0.3 is 0 Å². The number of rotatable bonds is 7. The van der Waals surface area contributed by atoms with E-state index in [2.05, 4.69) is 34.9 Å². The zero-order valence-electron chi connectivity index (χ0n) is 11.1. The van der Waals surface area contributed by atoms with Crippen LogP contribution in [0.3, 0.4) is 0 Å². The Labute approximate surface area is 125 Å². The molecule has 2 rings (SSSR count). The van der Waals surface area contributed by atoms with Gasteiger partial charge in [-0.25, -0.2) is 0 Å². The first kappa shape index (κ1) is 16.3. The van der Waals surface area contributed by atoms with Gasteiger partial charge < -0.3 is 10.6 Å². The summed E-state index contributed by atoms with van der Waals surface area (Å²) in [6, 6.07) is 10.4. The van der Waals surface area contributed by atoms with Crippen molar-refractivity contribution in [3.8, 4) is 0 Å². The number of carbonyl (C=O) groups excluding carboxylic acids is 1. The molecule has 0 unspecified atom stereocenters. The maximum atomic E-state index is 11.6. The van der Waals surface area contributed by atoms with Gasteiger partial charge in [0.25, 0.3) is 0 Å². The molecule has 1 aliphatic carbocycles. The molecule has 1 fully saturated rings. The van der Waals surface area contributed by atoms with Gasteiger partial charge in [-0.05, 0) is 32.0 Å². The average molecular weight is 301 g/mol.